The van der Waals surface area contributed by atoms with Crippen molar-refractivity contribution in [2.75, 3.05) is 13.1 Å². The standard InChI is InChI=1S/C9H16FN/c1-9(2,10)8-6-3-4-11-5-7(6)8/h6-8,11H,3-5H2,1-2H3. The zero-order chi connectivity index (χ0) is 8.06. The van der Waals surface area contributed by atoms with Gasteiger partial charge in [0.25, 0.3) is 0 Å². The van der Waals surface area contributed by atoms with Crippen LogP contribution in [-0.4, -0.2) is 18.8 Å². The number of nitrogens with one attached hydrogen (secondary N) is 1. The van der Waals surface area contributed by atoms with Gasteiger partial charge in [-0.05, 0) is 51.1 Å². The summed E-state index contributed by atoms with van der Waals surface area (Å²) in [7, 11) is 0. The maximum absolute atomic E-state index is 13.4. The third-order valence-corrected chi connectivity index (χ3v) is 3.16. The van der Waals surface area contributed by atoms with Crippen molar-refractivity contribution in [3.05, 3.63) is 0 Å². The maximum Gasteiger partial charge on any atom is 0.108 e. The zero-order valence-corrected chi connectivity index (χ0v) is 7.23. The lowest BCUT2D eigenvalue weighted by atomic mass is 10.0. The quantitative estimate of drug-likeness (QED) is 0.609. The first kappa shape index (κ1) is 7.53. The molecule has 0 radical (unpaired) electrons. The molecule has 1 nitrogen and oxygen atoms in total. The van der Waals surface area contributed by atoms with E-state index >= 15 is 0 Å². The minimum absolute atomic E-state index is 0.345. The van der Waals surface area contributed by atoms with Gasteiger partial charge in [0.2, 0.25) is 0 Å². The molecule has 1 heterocycles. The minimum atomic E-state index is -0.943. The number of fused-ring (bicyclic) bond motifs is 1. The van der Waals surface area contributed by atoms with E-state index in [-0.39, 0.29) is 0 Å². The van der Waals surface area contributed by atoms with Crippen LogP contribution in [-0.2, 0) is 0 Å². The topological polar surface area (TPSA) is 12.0 Å². The Morgan fingerprint density at radius 3 is 2.55 bits per heavy atom. The molecule has 0 amide bonds. The first-order valence-corrected chi connectivity index (χ1v) is 4.50. The van der Waals surface area contributed by atoms with E-state index in [0.717, 1.165) is 13.1 Å². The van der Waals surface area contributed by atoms with Gasteiger partial charge in [-0.3, -0.25) is 0 Å². The molecule has 0 bridgehead atoms. The fourth-order valence-electron chi connectivity index (χ4n) is 2.67. The summed E-state index contributed by atoms with van der Waals surface area (Å²) >= 11 is 0. The molecule has 11 heavy (non-hydrogen) atoms. The van der Waals surface area contributed by atoms with E-state index in [0.29, 0.717) is 17.8 Å². The van der Waals surface area contributed by atoms with E-state index in [1.165, 1.54) is 6.42 Å². The Labute approximate surface area is 67.4 Å². The molecule has 2 fully saturated rings. The molecule has 2 aliphatic rings. The lowest BCUT2D eigenvalue weighted by molar-refractivity contribution is 0.169. The van der Waals surface area contributed by atoms with Crippen molar-refractivity contribution >= 4 is 0 Å². The van der Waals surface area contributed by atoms with Crippen LogP contribution < -0.4 is 5.32 Å². The van der Waals surface area contributed by atoms with Gasteiger partial charge in [0.15, 0.2) is 0 Å². The van der Waals surface area contributed by atoms with Crippen molar-refractivity contribution in [1.29, 1.82) is 0 Å². The van der Waals surface area contributed by atoms with E-state index in [2.05, 4.69) is 5.32 Å². The molecule has 1 aliphatic heterocycles. The van der Waals surface area contributed by atoms with Crippen LogP contribution in [0.3, 0.4) is 0 Å². The lowest BCUT2D eigenvalue weighted by Crippen LogP contribution is -2.24. The van der Waals surface area contributed by atoms with Crippen LogP contribution in [0.25, 0.3) is 0 Å². The molecule has 2 rings (SSSR count). The molecule has 0 aromatic carbocycles. The summed E-state index contributed by atoms with van der Waals surface area (Å²) in [5.41, 5.74) is -0.943. The van der Waals surface area contributed by atoms with E-state index in [1.807, 2.05) is 0 Å². The number of rotatable bonds is 1. The average Bonchev–Trinajstić information content (AvgIpc) is 2.58. The van der Waals surface area contributed by atoms with E-state index < -0.39 is 5.67 Å². The largest absolute Gasteiger partial charge is 0.316 e. The second-order valence-corrected chi connectivity index (χ2v) is 4.41. The fourth-order valence-corrected chi connectivity index (χ4v) is 2.67. The van der Waals surface area contributed by atoms with E-state index in [9.17, 15) is 4.39 Å². The predicted molar refractivity (Wildman–Crippen MR) is 43.1 cm³/mol. The van der Waals surface area contributed by atoms with Gasteiger partial charge in [-0.25, -0.2) is 4.39 Å². The SMILES string of the molecule is CC(C)(F)C1C2CCNCC21. The highest BCUT2D eigenvalue weighted by Crippen LogP contribution is 2.56. The molecular formula is C9H16FN. The van der Waals surface area contributed by atoms with Crippen molar-refractivity contribution in [3.8, 4) is 0 Å². The summed E-state index contributed by atoms with van der Waals surface area (Å²) in [6, 6.07) is 0. The molecular weight excluding hydrogens is 141 g/mol. The van der Waals surface area contributed by atoms with Crippen LogP contribution in [0.15, 0.2) is 0 Å². The van der Waals surface area contributed by atoms with Crippen LogP contribution in [0.2, 0.25) is 0 Å². The molecule has 0 aromatic heterocycles. The molecule has 2 heteroatoms. The Morgan fingerprint density at radius 2 is 2.09 bits per heavy atom. The van der Waals surface area contributed by atoms with Gasteiger partial charge in [0.1, 0.15) is 5.67 Å². The van der Waals surface area contributed by atoms with Crippen LogP contribution in [0.4, 0.5) is 4.39 Å². The van der Waals surface area contributed by atoms with Crippen molar-refractivity contribution < 1.29 is 4.39 Å². The van der Waals surface area contributed by atoms with Crippen molar-refractivity contribution in [1.82, 2.24) is 5.32 Å². The number of piperidine rings is 1. The molecule has 1 saturated heterocycles. The predicted octanol–water partition coefficient (Wildman–Crippen LogP) is 1.59. The second kappa shape index (κ2) is 2.19. The highest BCUT2D eigenvalue weighted by molar-refractivity contribution is 5.07. The maximum atomic E-state index is 13.4. The molecule has 64 valence electrons. The molecule has 3 atom stereocenters. The van der Waals surface area contributed by atoms with Gasteiger partial charge in [0, 0.05) is 0 Å². The molecule has 3 unspecified atom stereocenters. The van der Waals surface area contributed by atoms with Gasteiger partial charge in [0.05, 0.1) is 0 Å². The Balaban J connectivity index is 2.00. The van der Waals surface area contributed by atoms with Crippen molar-refractivity contribution in [2.24, 2.45) is 17.8 Å². The third kappa shape index (κ3) is 1.18. The number of hydrogen-bond donors (Lipinski definition) is 1. The normalized spacial score (nSPS) is 43.4. The Kier molecular flexibility index (Phi) is 1.50. The smallest absolute Gasteiger partial charge is 0.108 e. The van der Waals surface area contributed by atoms with Crippen LogP contribution >= 0.6 is 0 Å². The summed E-state index contributed by atoms with van der Waals surface area (Å²) in [6.07, 6.45) is 1.18. The fraction of sp³-hybridized carbons (Fsp3) is 1.00. The minimum Gasteiger partial charge on any atom is -0.316 e. The van der Waals surface area contributed by atoms with Gasteiger partial charge < -0.3 is 5.32 Å². The Hall–Kier alpha value is -0.110. The second-order valence-electron chi connectivity index (χ2n) is 4.41. The van der Waals surface area contributed by atoms with Gasteiger partial charge in [-0.1, -0.05) is 0 Å². The Morgan fingerprint density at radius 1 is 1.36 bits per heavy atom. The zero-order valence-electron chi connectivity index (χ0n) is 7.23. The summed E-state index contributed by atoms with van der Waals surface area (Å²) in [6.45, 7) is 5.57. The van der Waals surface area contributed by atoms with E-state index in [4.69, 9.17) is 0 Å². The average molecular weight is 157 g/mol. The lowest BCUT2D eigenvalue weighted by Gasteiger charge is -2.12. The molecule has 0 aromatic rings. The number of alkyl halides is 1. The summed E-state index contributed by atoms with van der Waals surface area (Å²) in [5, 5.41) is 3.31. The molecule has 1 saturated carbocycles. The highest BCUT2D eigenvalue weighted by atomic mass is 19.1. The van der Waals surface area contributed by atoms with Gasteiger partial charge in [-0.15, -0.1) is 0 Å². The van der Waals surface area contributed by atoms with E-state index in [1.54, 1.807) is 13.8 Å². The molecule has 1 N–H and O–H groups in total. The third-order valence-electron chi connectivity index (χ3n) is 3.16. The highest BCUT2D eigenvalue weighted by Gasteiger charge is 2.58. The summed E-state index contributed by atoms with van der Waals surface area (Å²) in [4.78, 5) is 0. The first-order valence-electron chi connectivity index (χ1n) is 4.50. The number of halogens is 1. The van der Waals surface area contributed by atoms with Crippen LogP contribution in [0.1, 0.15) is 20.3 Å². The summed E-state index contributed by atoms with van der Waals surface area (Å²) < 4.78 is 13.4. The van der Waals surface area contributed by atoms with Crippen molar-refractivity contribution in [2.45, 2.75) is 25.9 Å². The van der Waals surface area contributed by atoms with Gasteiger partial charge >= 0.3 is 0 Å². The van der Waals surface area contributed by atoms with Crippen molar-refractivity contribution in [3.63, 3.8) is 0 Å². The molecule has 1 aliphatic carbocycles. The monoisotopic (exact) mass is 157 g/mol. The number of hydrogen-bond acceptors (Lipinski definition) is 1. The van der Waals surface area contributed by atoms with Crippen LogP contribution in [0.5, 0.6) is 0 Å². The van der Waals surface area contributed by atoms with Gasteiger partial charge in [-0.2, -0.15) is 0 Å². The van der Waals surface area contributed by atoms with Crippen LogP contribution in [0, 0.1) is 17.8 Å². The Bertz CT molecular complexity index is 149. The molecule has 0 spiro atoms. The summed E-state index contributed by atoms with van der Waals surface area (Å²) in [5.74, 6) is 1.68. The first-order chi connectivity index (χ1) is 5.11.